The van der Waals surface area contributed by atoms with Crippen molar-refractivity contribution in [3.05, 3.63) is 35.9 Å². The Kier molecular flexibility index (Phi) is 22.4. The van der Waals surface area contributed by atoms with Crippen molar-refractivity contribution in [2.45, 2.75) is 137 Å². The first-order chi connectivity index (χ1) is 29.9. The van der Waals surface area contributed by atoms with Crippen LogP contribution in [-0.2, 0) is 49.4 Å². The molecular weight excluding hydrogens is 805 g/mol. The first-order valence-electron chi connectivity index (χ1n) is 23.4. The maximum absolute atomic E-state index is 14.5. The number of methoxy groups -OCH3 is 2. The normalized spacial score (nSPS) is 19.6. The summed E-state index contributed by atoms with van der Waals surface area (Å²) in [5.41, 5.74) is 0.985. The van der Waals surface area contributed by atoms with Crippen LogP contribution in [0.4, 0.5) is 0 Å². The average molecular weight is 885 g/mol. The summed E-state index contributed by atoms with van der Waals surface area (Å²) in [6, 6.07) is 8.43. The Hall–Kier alpha value is -3.72. The lowest BCUT2D eigenvalue weighted by Crippen LogP contribution is -2.54. The third-order valence-electron chi connectivity index (χ3n) is 13.7. The molecule has 2 saturated heterocycles. The lowest BCUT2D eigenvalue weighted by Gasteiger charge is -2.41. The molecule has 0 aliphatic carbocycles. The van der Waals surface area contributed by atoms with Crippen LogP contribution in [0, 0.1) is 35.5 Å². The summed E-state index contributed by atoms with van der Waals surface area (Å²) in [5, 5.41) is 9.14. The molecule has 3 rings (SSSR count). The Bertz CT molecular complexity index is 1620. The second kappa shape index (κ2) is 26.3. The number of hydrogen-bond acceptors (Lipinski definition) is 10. The topological polar surface area (TPSA) is 163 Å². The highest BCUT2D eigenvalue weighted by Gasteiger charge is 2.44. The molecule has 1 aromatic rings. The summed E-state index contributed by atoms with van der Waals surface area (Å²) in [4.78, 5) is 89.4. The van der Waals surface area contributed by atoms with E-state index in [0.29, 0.717) is 58.7 Å². The Morgan fingerprint density at radius 2 is 1.51 bits per heavy atom. The van der Waals surface area contributed by atoms with E-state index >= 15 is 0 Å². The van der Waals surface area contributed by atoms with Gasteiger partial charge in [0, 0.05) is 77.9 Å². The van der Waals surface area contributed by atoms with Gasteiger partial charge in [-0.05, 0) is 62.6 Å². The van der Waals surface area contributed by atoms with Gasteiger partial charge in [-0.1, -0.05) is 85.2 Å². The fourth-order valence-corrected chi connectivity index (χ4v) is 9.91. The second-order valence-corrected chi connectivity index (χ2v) is 18.8. The highest BCUT2D eigenvalue weighted by molar-refractivity contribution is 5.90. The average Bonchev–Trinajstić information content (AvgIpc) is 3.74. The third-order valence-corrected chi connectivity index (χ3v) is 13.7. The number of ketones is 2. The van der Waals surface area contributed by atoms with Crippen LogP contribution in [0.5, 0.6) is 0 Å². The molecule has 1 aromatic carbocycles. The van der Waals surface area contributed by atoms with Crippen molar-refractivity contribution in [1.82, 2.24) is 19.6 Å². The Labute approximate surface area is 377 Å². The van der Waals surface area contributed by atoms with E-state index < -0.39 is 48.0 Å². The zero-order chi connectivity index (χ0) is 47.0. The maximum atomic E-state index is 14.5. The number of carboxylic acid groups (broad SMARTS) is 1. The van der Waals surface area contributed by atoms with E-state index in [9.17, 15) is 28.8 Å². The molecule has 2 aliphatic rings. The molecule has 0 aromatic heterocycles. The molecule has 1 N–H and O–H groups in total. The fourth-order valence-electron chi connectivity index (χ4n) is 9.91. The van der Waals surface area contributed by atoms with Crippen LogP contribution >= 0.6 is 0 Å². The summed E-state index contributed by atoms with van der Waals surface area (Å²) >= 11 is 0. The molecule has 0 spiro atoms. The Morgan fingerprint density at radius 3 is 2.06 bits per heavy atom. The molecule has 2 fully saturated rings. The van der Waals surface area contributed by atoms with Crippen molar-refractivity contribution < 1.29 is 48.1 Å². The zero-order valence-corrected chi connectivity index (χ0v) is 40.3. The number of benzene rings is 1. The molecule has 0 saturated carbocycles. The van der Waals surface area contributed by atoms with Crippen molar-refractivity contribution in [2.75, 3.05) is 67.7 Å². The van der Waals surface area contributed by atoms with E-state index in [-0.39, 0.29) is 78.8 Å². The van der Waals surface area contributed by atoms with Gasteiger partial charge in [-0.3, -0.25) is 33.7 Å². The van der Waals surface area contributed by atoms with Gasteiger partial charge in [0.25, 0.3) is 0 Å². The highest BCUT2D eigenvalue weighted by atomic mass is 16.5. The molecule has 0 bridgehead atoms. The zero-order valence-electron chi connectivity index (χ0n) is 40.3. The second-order valence-electron chi connectivity index (χ2n) is 18.8. The van der Waals surface area contributed by atoms with Gasteiger partial charge < -0.3 is 34.0 Å². The van der Waals surface area contributed by atoms with Crippen LogP contribution in [0.25, 0.3) is 0 Å². The molecule has 14 nitrogen and oxygen atoms in total. The molecule has 9 atom stereocenters. The third kappa shape index (κ3) is 15.2. The van der Waals surface area contributed by atoms with Gasteiger partial charge in [0.15, 0.2) is 5.78 Å². The summed E-state index contributed by atoms with van der Waals surface area (Å²) in [6.45, 7) is 16.6. The number of likely N-dealkylation sites (tertiary alicyclic amines) is 1. The first-order valence-corrected chi connectivity index (χ1v) is 23.4. The fraction of sp³-hybridized carbons (Fsp3) is 0.755. The molecule has 3 amide bonds. The SMILES string of the molecule is CC[C@H](C)[C@@H]([C@@H](CC(=O)N1CCC[C@H]1[C@H](OC)[C@@H](C)C(=O)CC(Cc1ccccc1)C(=O)N1CCOCC1)OC)N(C)C(=O)[C@@H](CC(=O)[C@H](C(C)C)N(C)CCCC(=O)O)C(C)C. The predicted molar refractivity (Wildman–Crippen MR) is 243 cm³/mol. The van der Waals surface area contributed by atoms with Crippen molar-refractivity contribution in [2.24, 2.45) is 35.5 Å². The van der Waals surface area contributed by atoms with Gasteiger partial charge in [-0.25, -0.2) is 0 Å². The lowest BCUT2D eigenvalue weighted by molar-refractivity contribution is -0.149. The van der Waals surface area contributed by atoms with Gasteiger partial charge >= 0.3 is 5.97 Å². The van der Waals surface area contributed by atoms with Crippen LogP contribution in [0.3, 0.4) is 0 Å². The first kappa shape index (κ1) is 53.6. The monoisotopic (exact) mass is 885 g/mol. The van der Waals surface area contributed by atoms with E-state index in [1.54, 1.807) is 31.1 Å². The number of nitrogens with zero attached hydrogens (tertiary/aromatic N) is 4. The molecular formula is C49H80N4O10. The number of hydrogen-bond donors (Lipinski definition) is 1. The van der Waals surface area contributed by atoms with E-state index in [0.717, 1.165) is 18.4 Å². The van der Waals surface area contributed by atoms with Crippen molar-refractivity contribution >= 4 is 35.3 Å². The quantitative estimate of drug-likeness (QED) is 0.116. The van der Waals surface area contributed by atoms with Gasteiger partial charge in [-0.15, -0.1) is 0 Å². The lowest BCUT2D eigenvalue weighted by atomic mass is 9.83. The predicted octanol–water partition coefficient (Wildman–Crippen LogP) is 5.64. The molecule has 356 valence electrons. The molecule has 0 radical (unpaired) electrons. The van der Waals surface area contributed by atoms with Gasteiger partial charge in [0.05, 0.1) is 50.0 Å². The maximum Gasteiger partial charge on any atom is 0.303 e. The highest BCUT2D eigenvalue weighted by Crippen LogP contribution is 2.32. The molecule has 63 heavy (non-hydrogen) atoms. The Morgan fingerprint density at radius 1 is 0.857 bits per heavy atom. The smallest absolute Gasteiger partial charge is 0.303 e. The number of rotatable bonds is 27. The number of carbonyl (C=O) groups excluding carboxylic acids is 5. The van der Waals surface area contributed by atoms with E-state index in [1.165, 1.54) is 0 Å². The van der Waals surface area contributed by atoms with Crippen LogP contribution < -0.4 is 0 Å². The van der Waals surface area contributed by atoms with Crippen LogP contribution in [0.1, 0.15) is 105 Å². The molecule has 14 heteroatoms. The summed E-state index contributed by atoms with van der Waals surface area (Å²) < 4.78 is 17.7. The number of amides is 3. The minimum absolute atomic E-state index is 0.00737. The number of carboxylic acids is 1. The number of morpholine rings is 1. The molecule has 1 unspecified atom stereocenters. The van der Waals surface area contributed by atoms with E-state index in [2.05, 4.69) is 0 Å². The number of Topliss-reactive ketones (excluding diaryl/α,β-unsaturated/α-hetero) is 2. The van der Waals surface area contributed by atoms with Gasteiger partial charge in [-0.2, -0.15) is 0 Å². The number of ether oxygens (including phenoxy) is 3. The van der Waals surface area contributed by atoms with E-state index in [1.807, 2.05) is 95.6 Å². The van der Waals surface area contributed by atoms with Crippen LogP contribution in [0.15, 0.2) is 30.3 Å². The van der Waals surface area contributed by atoms with Crippen LogP contribution in [-0.4, -0.2) is 158 Å². The van der Waals surface area contributed by atoms with Gasteiger partial charge in [0.2, 0.25) is 17.7 Å². The number of likely N-dealkylation sites (N-methyl/N-ethyl adjacent to an activating group) is 2. The van der Waals surface area contributed by atoms with Gasteiger partial charge in [0.1, 0.15) is 5.78 Å². The van der Waals surface area contributed by atoms with Crippen LogP contribution in [0.2, 0.25) is 0 Å². The number of carbonyl (C=O) groups is 6. The minimum atomic E-state index is -0.879. The Balaban J connectivity index is 1.79. The summed E-state index contributed by atoms with van der Waals surface area (Å²) in [7, 11) is 6.71. The molecule has 2 heterocycles. The largest absolute Gasteiger partial charge is 0.481 e. The summed E-state index contributed by atoms with van der Waals surface area (Å²) in [5.74, 6) is -3.39. The number of aliphatic carboxylic acids is 1. The standard InChI is InChI=1S/C49H80N4O10/c1-12-34(6)46(51(9)49(60)38(32(2)3)30-41(55)45(33(4)5)50(8)22-17-21-44(57)58)42(61-10)31-43(56)53-23-16-20-39(53)47(62-11)35(7)40(54)29-37(28-36-18-14-13-15-19-36)48(59)52-24-26-63-27-25-52/h13-15,18-19,32-35,37-39,42,45-47H,12,16-17,20-31H2,1-11H3,(H,57,58)/t34-,35-,37?,38-,39-,42+,45-,46-,47+/m0/s1. The van der Waals surface area contributed by atoms with Crippen molar-refractivity contribution in [3.8, 4) is 0 Å². The minimum Gasteiger partial charge on any atom is -0.481 e. The van der Waals surface area contributed by atoms with E-state index in [4.69, 9.17) is 19.3 Å². The molecule has 2 aliphatic heterocycles. The van der Waals surface area contributed by atoms with Crippen molar-refractivity contribution in [3.63, 3.8) is 0 Å². The summed E-state index contributed by atoms with van der Waals surface area (Å²) in [6.07, 6.45) is 1.84. The van der Waals surface area contributed by atoms with Crippen molar-refractivity contribution in [1.29, 1.82) is 0 Å².